The summed E-state index contributed by atoms with van der Waals surface area (Å²) >= 11 is 0. The van der Waals surface area contributed by atoms with E-state index < -0.39 is 0 Å². The molecule has 0 saturated carbocycles. The third kappa shape index (κ3) is 3.82. The van der Waals surface area contributed by atoms with Crippen LogP contribution >= 0.6 is 0 Å². The molecular formula is C7H20N2O. The largest absolute Gasteiger partial charge is 0.412 e. The second-order valence-corrected chi connectivity index (χ2v) is 2.55. The van der Waals surface area contributed by atoms with Gasteiger partial charge in [0.1, 0.15) is 0 Å². The molecular weight excluding hydrogens is 128 g/mol. The molecule has 1 fully saturated rings. The Morgan fingerprint density at radius 2 is 1.70 bits per heavy atom. The van der Waals surface area contributed by atoms with Crippen LogP contribution in [0.5, 0.6) is 0 Å². The fourth-order valence-electron chi connectivity index (χ4n) is 1.32. The SMILES string of the molecule is CCCN1CCCC1.N.O. The van der Waals surface area contributed by atoms with Crippen molar-refractivity contribution >= 4 is 0 Å². The van der Waals surface area contributed by atoms with Crippen molar-refractivity contribution in [3.8, 4) is 0 Å². The second-order valence-electron chi connectivity index (χ2n) is 2.55. The molecule has 1 aliphatic rings. The van der Waals surface area contributed by atoms with Crippen LogP contribution in [0.1, 0.15) is 26.2 Å². The van der Waals surface area contributed by atoms with Gasteiger partial charge in [-0.15, -0.1) is 0 Å². The van der Waals surface area contributed by atoms with E-state index in [4.69, 9.17) is 0 Å². The highest BCUT2D eigenvalue weighted by molar-refractivity contribution is 4.64. The molecule has 1 aliphatic heterocycles. The van der Waals surface area contributed by atoms with Crippen molar-refractivity contribution < 1.29 is 5.48 Å². The molecule has 0 aromatic heterocycles. The molecule has 1 rings (SSSR count). The summed E-state index contributed by atoms with van der Waals surface area (Å²) in [5.74, 6) is 0. The van der Waals surface area contributed by atoms with Crippen molar-refractivity contribution in [2.24, 2.45) is 0 Å². The minimum absolute atomic E-state index is 0. The highest BCUT2D eigenvalue weighted by Crippen LogP contribution is 2.06. The number of likely N-dealkylation sites (tertiary alicyclic amines) is 1. The third-order valence-electron chi connectivity index (χ3n) is 1.74. The Morgan fingerprint density at radius 1 is 1.20 bits per heavy atom. The average molecular weight is 148 g/mol. The van der Waals surface area contributed by atoms with Crippen molar-refractivity contribution in [2.45, 2.75) is 26.2 Å². The first-order valence-electron chi connectivity index (χ1n) is 3.66. The van der Waals surface area contributed by atoms with Gasteiger partial charge in [-0.1, -0.05) is 6.92 Å². The van der Waals surface area contributed by atoms with Gasteiger partial charge in [0.05, 0.1) is 0 Å². The third-order valence-corrected chi connectivity index (χ3v) is 1.74. The standard InChI is InChI=1S/C7H15N.H3N.H2O/c1-2-5-8-6-3-4-7-8;;/h2-7H2,1H3;1H3;1H2. The molecule has 3 heteroatoms. The lowest BCUT2D eigenvalue weighted by molar-refractivity contribution is 0.339. The summed E-state index contributed by atoms with van der Waals surface area (Å²) in [7, 11) is 0. The highest BCUT2D eigenvalue weighted by Gasteiger charge is 2.08. The van der Waals surface area contributed by atoms with Crippen LogP contribution in [0.3, 0.4) is 0 Å². The zero-order chi connectivity index (χ0) is 5.82. The lowest BCUT2D eigenvalue weighted by Crippen LogP contribution is -2.19. The molecule has 1 heterocycles. The topological polar surface area (TPSA) is 69.7 Å². The molecule has 0 aromatic rings. The average Bonchev–Trinajstić information content (AvgIpc) is 2.19. The molecule has 10 heavy (non-hydrogen) atoms. The van der Waals surface area contributed by atoms with Crippen LogP contribution in [-0.2, 0) is 0 Å². The lowest BCUT2D eigenvalue weighted by atomic mass is 10.4. The van der Waals surface area contributed by atoms with E-state index >= 15 is 0 Å². The lowest BCUT2D eigenvalue weighted by Gasteiger charge is -2.11. The first kappa shape index (κ1) is 12.5. The Bertz CT molecular complexity index is 62.6. The Labute approximate surface area is 63.3 Å². The van der Waals surface area contributed by atoms with Gasteiger partial charge in [0.2, 0.25) is 0 Å². The van der Waals surface area contributed by atoms with Crippen molar-refractivity contribution in [1.82, 2.24) is 11.1 Å². The molecule has 0 spiro atoms. The van der Waals surface area contributed by atoms with Crippen LogP contribution < -0.4 is 6.15 Å². The van der Waals surface area contributed by atoms with Crippen LogP contribution in [0.25, 0.3) is 0 Å². The Hall–Kier alpha value is -0.120. The van der Waals surface area contributed by atoms with E-state index in [2.05, 4.69) is 11.8 Å². The second kappa shape index (κ2) is 6.99. The smallest absolute Gasteiger partial charge is 0.00183 e. The van der Waals surface area contributed by atoms with Crippen LogP contribution in [0.15, 0.2) is 0 Å². The normalized spacial score (nSPS) is 17.7. The van der Waals surface area contributed by atoms with E-state index in [-0.39, 0.29) is 11.6 Å². The van der Waals surface area contributed by atoms with Gasteiger partial charge in [0.25, 0.3) is 0 Å². The molecule has 64 valence electrons. The van der Waals surface area contributed by atoms with Gasteiger partial charge in [0, 0.05) is 0 Å². The predicted octanol–water partition coefficient (Wildman–Crippen LogP) is 0.829. The molecule has 5 N–H and O–H groups in total. The first-order chi connectivity index (χ1) is 3.93. The minimum atomic E-state index is 0. The Morgan fingerprint density at radius 3 is 2.10 bits per heavy atom. The summed E-state index contributed by atoms with van der Waals surface area (Å²) in [4.78, 5) is 2.54. The summed E-state index contributed by atoms with van der Waals surface area (Å²) < 4.78 is 0. The summed E-state index contributed by atoms with van der Waals surface area (Å²) in [6.07, 6.45) is 4.18. The Kier molecular flexibility index (Phi) is 8.77. The molecule has 0 radical (unpaired) electrons. The van der Waals surface area contributed by atoms with Crippen molar-refractivity contribution in [1.29, 1.82) is 0 Å². The molecule has 0 bridgehead atoms. The molecule has 0 aromatic carbocycles. The van der Waals surface area contributed by atoms with Gasteiger partial charge in [-0.3, -0.25) is 0 Å². The van der Waals surface area contributed by atoms with Crippen LogP contribution in [0, 0.1) is 0 Å². The van der Waals surface area contributed by atoms with Gasteiger partial charge in [0.15, 0.2) is 0 Å². The minimum Gasteiger partial charge on any atom is -0.412 e. The monoisotopic (exact) mass is 148 g/mol. The quantitative estimate of drug-likeness (QED) is 0.630. The van der Waals surface area contributed by atoms with Crippen molar-refractivity contribution in [2.75, 3.05) is 19.6 Å². The summed E-state index contributed by atoms with van der Waals surface area (Å²) in [5.41, 5.74) is 0. The maximum Gasteiger partial charge on any atom is -0.00183 e. The van der Waals surface area contributed by atoms with E-state index in [1.807, 2.05) is 0 Å². The summed E-state index contributed by atoms with van der Waals surface area (Å²) in [6.45, 7) is 6.28. The molecule has 1 saturated heterocycles. The zero-order valence-electron chi connectivity index (χ0n) is 6.90. The van der Waals surface area contributed by atoms with E-state index in [0.717, 1.165) is 0 Å². The Balaban J connectivity index is 0. The number of nitrogens with zero attached hydrogens (tertiary/aromatic N) is 1. The zero-order valence-corrected chi connectivity index (χ0v) is 6.90. The van der Waals surface area contributed by atoms with Crippen LogP contribution in [0.2, 0.25) is 0 Å². The molecule has 0 amide bonds. The van der Waals surface area contributed by atoms with Gasteiger partial charge in [-0.2, -0.15) is 0 Å². The highest BCUT2D eigenvalue weighted by atomic mass is 16.0. The predicted molar refractivity (Wildman–Crippen MR) is 44.6 cm³/mol. The molecule has 3 nitrogen and oxygen atoms in total. The van der Waals surface area contributed by atoms with E-state index in [0.29, 0.717) is 0 Å². The number of rotatable bonds is 2. The molecule has 0 aliphatic carbocycles. The van der Waals surface area contributed by atoms with Gasteiger partial charge in [-0.05, 0) is 38.9 Å². The van der Waals surface area contributed by atoms with Gasteiger partial charge < -0.3 is 16.5 Å². The van der Waals surface area contributed by atoms with Crippen molar-refractivity contribution in [3.05, 3.63) is 0 Å². The fraction of sp³-hybridized carbons (Fsp3) is 1.00. The first-order valence-corrected chi connectivity index (χ1v) is 3.66. The summed E-state index contributed by atoms with van der Waals surface area (Å²) in [6, 6.07) is 0. The van der Waals surface area contributed by atoms with Crippen molar-refractivity contribution in [3.63, 3.8) is 0 Å². The molecule has 0 unspecified atom stereocenters. The number of hydrogen-bond donors (Lipinski definition) is 1. The molecule has 0 atom stereocenters. The van der Waals surface area contributed by atoms with E-state index in [1.165, 1.54) is 38.9 Å². The van der Waals surface area contributed by atoms with E-state index in [9.17, 15) is 0 Å². The number of hydrogen-bond acceptors (Lipinski definition) is 2. The maximum absolute atomic E-state index is 2.54. The van der Waals surface area contributed by atoms with Gasteiger partial charge >= 0.3 is 0 Å². The fourth-order valence-corrected chi connectivity index (χ4v) is 1.32. The van der Waals surface area contributed by atoms with Crippen LogP contribution in [0.4, 0.5) is 0 Å². The van der Waals surface area contributed by atoms with Crippen LogP contribution in [-0.4, -0.2) is 30.0 Å². The summed E-state index contributed by atoms with van der Waals surface area (Å²) in [5, 5.41) is 0. The van der Waals surface area contributed by atoms with E-state index in [1.54, 1.807) is 0 Å². The maximum atomic E-state index is 2.54. The van der Waals surface area contributed by atoms with Gasteiger partial charge in [-0.25, -0.2) is 0 Å².